The summed E-state index contributed by atoms with van der Waals surface area (Å²) in [5.74, 6) is 0.0263. The summed E-state index contributed by atoms with van der Waals surface area (Å²) in [6, 6.07) is 12.1. The molecule has 4 heteroatoms. The lowest BCUT2D eigenvalue weighted by molar-refractivity contribution is -0.119. The van der Waals surface area contributed by atoms with Crippen LogP contribution in [0.5, 0.6) is 0 Å². The quantitative estimate of drug-likeness (QED) is 0.887. The first-order valence-electron chi connectivity index (χ1n) is 7.31. The number of fused-ring (bicyclic) bond motifs is 1. The van der Waals surface area contributed by atoms with Gasteiger partial charge in [-0.1, -0.05) is 28.1 Å². The molecule has 0 spiro atoms. The molecule has 110 valence electrons. The predicted octanol–water partition coefficient (Wildman–Crippen LogP) is 4.50. The number of amides is 1. The van der Waals surface area contributed by atoms with Gasteiger partial charge in [0.2, 0.25) is 5.91 Å². The molecular weight excluding hydrogens is 330 g/mol. The van der Waals surface area contributed by atoms with Crippen molar-refractivity contribution in [3.63, 3.8) is 0 Å². The van der Waals surface area contributed by atoms with Gasteiger partial charge in [0.25, 0.3) is 0 Å². The zero-order chi connectivity index (χ0) is 14.7. The summed E-state index contributed by atoms with van der Waals surface area (Å²) >= 11 is 3.46. The first-order chi connectivity index (χ1) is 10.2. The predicted molar refractivity (Wildman–Crippen MR) is 88.5 cm³/mol. The monoisotopic (exact) mass is 347 g/mol. The Morgan fingerprint density at radius 3 is 2.81 bits per heavy atom. The Labute approximate surface area is 132 Å². The van der Waals surface area contributed by atoms with Crippen molar-refractivity contribution in [3.05, 3.63) is 40.9 Å². The molecule has 0 aliphatic carbocycles. The van der Waals surface area contributed by atoms with Crippen molar-refractivity contribution in [1.29, 1.82) is 0 Å². The standard InChI is InChI=1S/C17H18BrNO2/c18-14-6-4-13-10-15(7-5-12(13)9-14)19-17(20)11-16-3-1-2-8-21-16/h4-7,9-10,16H,1-3,8,11H2,(H,19,20). The van der Waals surface area contributed by atoms with Gasteiger partial charge in [0.05, 0.1) is 12.5 Å². The van der Waals surface area contributed by atoms with E-state index in [0.29, 0.717) is 6.42 Å². The van der Waals surface area contributed by atoms with E-state index in [1.165, 1.54) is 0 Å². The van der Waals surface area contributed by atoms with Gasteiger partial charge in [0, 0.05) is 16.8 Å². The molecule has 21 heavy (non-hydrogen) atoms. The first-order valence-corrected chi connectivity index (χ1v) is 8.11. The van der Waals surface area contributed by atoms with Gasteiger partial charge in [-0.15, -0.1) is 0 Å². The van der Waals surface area contributed by atoms with Crippen LogP contribution in [-0.4, -0.2) is 18.6 Å². The largest absolute Gasteiger partial charge is 0.378 e. The molecule has 1 atom stereocenters. The number of nitrogens with one attached hydrogen (secondary N) is 1. The van der Waals surface area contributed by atoms with Crippen molar-refractivity contribution in [2.24, 2.45) is 0 Å². The minimum Gasteiger partial charge on any atom is -0.378 e. The first kappa shape index (κ1) is 14.5. The zero-order valence-corrected chi connectivity index (χ0v) is 13.4. The molecule has 0 radical (unpaired) electrons. The number of anilines is 1. The molecule has 2 aromatic carbocycles. The van der Waals surface area contributed by atoms with Crippen LogP contribution in [0, 0.1) is 0 Å². The average Bonchev–Trinajstić information content (AvgIpc) is 2.48. The molecule has 0 saturated carbocycles. The van der Waals surface area contributed by atoms with Gasteiger partial charge in [-0.3, -0.25) is 4.79 Å². The lowest BCUT2D eigenvalue weighted by Crippen LogP contribution is -2.25. The van der Waals surface area contributed by atoms with E-state index in [1.54, 1.807) is 0 Å². The molecule has 1 aliphatic rings. The van der Waals surface area contributed by atoms with Gasteiger partial charge in [0.15, 0.2) is 0 Å². The van der Waals surface area contributed by atoms with Gasteiger partial charge in [-0.2, -0.15) is 0 Å². The van der Waals surface area contributed by atoms with Crippen LogP contribution in [0.2, 0.25) is 0 Å². The SMILES string of the molecule is O=C(CC1CCCCO1)Nc1ccc2cc(Br)ccc2c1. The lowest BCUT2D eigenvalue weighted by atomic mass is 10.1. The third-order valence-corrected chi connectivity index (χ3v) is 4.27. The lowest BCUT2D eigenvalue weighted by Gasteiger charge is -2.21. The third-order valence-electron chi connectivity index (χ3n) is 3.77. The van der Waals surface area contributed by atoms with E-state index in [1.807, 2.05) is 30.3 Å². The molecule has 1 aliphatic heterocycles. The molecule has 1 fully saturated rings. The molecule has 1 saturated heterocycles. The van der Waals surface area contributed by atoms with Crippen LogP contribution < -0.4 is 5.32 Å². The maximum atomic E-state index is 12.1. The number of ether oxygens (including phenoxy) is 1. The van der Waals surface area contributed by atoms with Crippen LogP contribution in [-0.2, 0) is 9.53 Å². The maximum Gasteiger partial charge on any atom is 0.226 e. The van der Waals surface area contributed by atoms with Gasteiger partial charge < -0.3 is 10.1 Å². The van der Waals surface area contributed by atoms with Gasteiger partial charge in [-0.25, -0.2) is 0 Å². The number of carbonyl (C=O) groups excluding carboxylic acids is 1. The Balaban J connectivity index is 1.66. The minimum absolute atomic E-state index is 0.0263. The molecule has 0 aromatic heterocycles. The Hall–Kier alpha value is -1.39. The molecule has 1 unspecified atom stereocenters. The summed E-state index contributed by atoms with van der Waals surface area (Å²) in [4.78, 5) is 12.1. The maximum absolute atomic E-state index is 12.1. The second kappa shape index (κ2) is 6.58. The normalized spacial score (nSPS) is 18.6. The fourth-order valence-electron chi connectivity index (χ4n) is 2.68. The highest BCUT2D eigenvalue weighted by Crippen LogP contribution is 2.23. The summed E-state index contributed by atoms with van der Waals surface area (Å²) in [5.41, 5.74) is 0.839. The molecule has 0 bridgehead atoms. The molecule has 2 aromatic rings. The Morgan fingerprint density at radius 2 is 2.00 bits per heavy atom. The summed E-state index contributed by atoms with van der Waals surface area (Å²) in [5, 5.41) is 5.23. The van der Waals surface area contributed by atoms with E-state index in [0.717, 1.165) is 46.8 Å². The highest BCUT2D eigenvalue weighted by Gasteiger charge is 2.17. The van der Waals surface area contributed by atoms with E-state index in [9.17, 15) is 4.79 Å². The van der Waals surface area contributed by atoms with Gasteiger partial charge >= 0.3 is 0 Å². The number of hydrogen-bond donors (Lipinski definition) is 1. The number of halogens is 1. The van der Waals surface area contributed by atoms with Crippen molar-refractivity contribution in [2.75, 3.05) is 11.9 Å². The van der Waals surface area contributed by atoms with Crippen molar-refractivity contribution in [3.8, 4) is 0 Å². The van der Waals surface area contributed by atoms with Crippen molar-refractivity contribution < 1.29 is 9.53 Å². The minimum atomic E-state index is 0.0263. The molecule has 1 heterocycles. The van der Waals surface area contributed by atoms with Crippen LogP contribution in [0.15, 0.2) is 40.9 Å². The second-order valence-corrected chi connectivity index (χ2v) is 6.36. The smallest absolute Gasteiger partial charge is 0.226 e. The average molecular weight is 348 g/mol. The molecule has 1 N–H and O–H groups in total. The third kappa shape index (κ3) is 3.83. The molecule has 3 rings (SSSR count). The van der Waals surface area contributed by atoms with E-state index < -0.39 is 0 Å². The zero-order valence-electron chi connectivity index (χ0n) is 11.8. The van der Waals surface area contributed by atoms with Crippen molar-refractivity contribution in [1.82, 2.24) is 0 Å². The highest BCUT2D eigenvalue weighted by atomic mass is 79.9. The van der Waals surface area contributed by atoms with E-state index in [4.69, 9.17) is 4.74 Å². The van der Waals surface area contributed by atoms with Crippen molar-refractivity contribution in [2.45, 2.75) is 31.8 Å². The van der Waals surface area contributed by atoms with Gasteiger partial charge in [0.1, 0.15) is 0 Å². The van der Waals surface area contributed by atoms with E-state index >= 15 is 0 Å². The number of rotatable bonds is 3. The summed E-state index contributed by atoms with van der Waals surface area (Å²) in [7, 11) is 0. The fourth-order valence-corrected chi connectivity index (χ4v) is 3.06. The molecule has 3 nitrogen and oxygen atoms in total. The Morgan fingerprint density at radius 1 is 1.19 bits per heavy atom. The van der Waals surface area contributed by atoms with Crippen LogP contribution in [0.25, 0.3) is 10.8 Å². The van der Waals surface area contributed by atoms with Crippen LogP contribution >= 0.6 is 15.9 Å². The summed E-state index contributed by atoms with van der Waals surface area (Å²) < 4.78 is 6.66. The highest BCUT2D eigenvalue weighted by molar-refractivity contribution is 9.10. The molecule has 1 amide bonds. The second-order valence-electron chi connectivity index (χ2n) is 5.45. The topological polar surface area (TPSA) is 38.3 Å². The Kier molecular flexibility index (Phi) is 4.56. The van der Waals surface area contributed by atoms with E-state index in [-0.39, 0.29) is 12.0 Å². The van der Waals surface area contributed by atoms with Gasteiger partial charge in [-0.05, 0) is 54.3 Å². The fraction of sp³-hybridized carbons (Fsp3) is 0.353. The van der Waals surface area contributed by atoms with Crippen LogP contribution in [0.4, 0.5) is 5.69 Å². The van der Waals surface area contributed by atoms with Crippen molar-refractivity contribution >= 4 is 38.3 Å². The number of hydrogen-bond acceptors (Lipinski definition) is 2. The Bertz CT molecular complexity index is 650. The summed E-state index contributed by atoms with van der Waals surface area (Å²) in [6.45, 7) is 0.781. The number of benzene rings is 2. The van der Waals surface area contributed by atoms with E-state index in [2.05, 4.69) is 27.3 Å². The van der Waals surface area contributed by atoms with Crippen LogP contribution in [0.3, 0.4) is 0 Å². The summed E-state index contributed by atoms with van der Waals surface area (Å²) in [6.07, 6.45) is 3.77. The number of carbonyl (C=O) groups is 1. The molecular formula is C17H18BrNO2. The van der Waals surface area contributed by atoms with Crippen LogP contribution in [0.1, 0.15) is 25.7 Å².